The first-order valence-corrected chi connectivity index (χ1v) is 9.85. The summed E-state index contributed by atoms with van der Waals surface area (Å²) in [6.45, 7) is 8.27. The lowest BCUT2D eigenvalue weighted by Gasteiger charge is -2.42. The summed E-state index contributed by atoms with van der Waals surface area (Å²) in [5.74, 6) is -2.02. The first-order chi connectivity index (χ1) is 11.4. The van der Waals surface area contributed by atoms with Crippen LogP contribution in [0.2, 0.25) is 0 Å². The molecule has 2 N–H and O–H groups in total. The number of hydrogen-bond acceptors (Lipinski definition) is 2. The molecule has 0 amide bonds. The molecule has 0 aromatic rings. The average Bonchev–Trinajstić information content (AvgIpc) is 2.53. The van der Waals surface area contributed by atoms with Crippen LogP contribution in [0.3, 0.4) is 0 Å². The van der Waals surface area contributed by atoms with Crippen molar-refractivity contribution >= 4 is 11.9 Å². The lowest BCUT2D eigenvalue weighted by molar-refractivity contribution is -0.166. The molecule has 2 atom stereocenters. The topological polar surface area (TPSA) is 74.6 Å². The summed E-state index contributed by atoms with van der Waals surface area (Å²) in [6, 6.07) is 0. The molecule has 0 rings (SSSR count). The second kappa shape index (κ2) is 12.3. The van der Waals surface area contributed by atoms with E-state index in [-0.39, 0.29) is 18.3 Å². The number of unbranched alkanes of at least 4 members (excludes halogenated alkanes) is 4. The predicted molar refractivity (Wildman–Crippen MR) is 98.2 cm³/mol. The van der Waals surface area contributed by atoms with Crippen LogP contribution in [0, 0.1) is 17.3 Å². The quantitative estimate of drug-likeness (QED) is 0.372. The molecule has 2 unspecified atom stereocenters. The van der Waals surface area contributed by atoms with E-state index in [9.17, 15) is 19.8 Å². The van der Waals surface area contributed by atoms with Crippen LogP contribution in [-0.2, 0) is 9.59 Å². The summed E-state index contributed by atoms with van der Waals surface area (Å²) in [7, 11) is 0. The van der Waals surface area contributed by atoms with Crippen molar-refractivity contribution in [3.05, 3.63) is 0 Å². The summed E-state index contributed by atoms with van der Waals surface area (Å²) >= 11 is 0. The maximum atomic E-state index is 12.4. The van der Waals surface area contributed by atoms with Crippen LogP contribution in [0.5, 0.6) is 0 Å². The molecule has 0 fully saturated rings. The molecular formula is C20H38O4. The van der Waals surface area contributed by atoms with Crippen molar-refractivity contribution in [3.8, 4) is 0 Å². The first kappa shape index (κ1) is 22.9. The van der Waals surface area contributed by atoms with Crippen molar-refractivity contribution in [1.82, 2.24) is 0 Å². The number of carboxylic acids is 2. The summed E-state index contributed by atoms with van der Waals surface area (Å²) in [4.78, 5) is 23.9. The molecule has 0 aliphatic carbocycles. The van der Waals surface area contributed by atoms with Gasteiger partial charge < -0.3 is 10.2 Å². The molecule has 0 aliphatic heterocycles. The molecule has 4 nitrogen and oxygen atoms in total. The largest absolute Gasteiger partial charge is 0.481 e. The normalized spacial score (nSPS) is 16.3. The fourth-order valence-corrected chi connectivity index (χ4v) is 4.23. The van der Waals surface area contributed by atoms with E-state index in [2.05, 4.69) is 13.8 Å². The Bertz CT molecular complexity index is 347. The third-order valence-electron chi connectivity index (χ3n) is 5.60. The van der Waals surface area contributed by atoms with Crippen molar-refractivity contribution in [2.24, 2.45) is 17.3 Å². The molecular weight excluding hydrogens is 304 g/mol. The van der Waals surface area contributed by atoms with Crippen LogP contribution >= 0.6 is 0 Å². The molecule has 142 valence electrons. The van der Waals surface area contributed by atoms with Gasteiger partial charge in [-0.1, -0.05) is 79.1 Å². The second-order valence-electron chi connectivity index (χ2n) is 7.12. The van der Waals surface area contributed by atoms with Gasteiger partial charge >= 0.3 is 11.9 Å². The first-order valence-electron chi connectivity index (χ1n) is 9.85. The van der Waals surface area contributed by atoms with Gasteiger partial charge in [0, 0.05) is 0 Å². The Morgan fingerprint density at radius 2 is 1.21 bits per heavy atom. The van der Waals surface area contributed by atoms with Gasteiger partial charge in [0.05, 0.1) is 11.8 Å². The summed E-state index contributed by atoms with van der Waals surface area (Å²) in [6.07, 6.45) is 9.12. The molecule has 0 saturated carbocycles. The standard InChI is InChI=1S/C20H38O4/c1-5-9-11-13-16(7-3)20(19(23)24,15-18(21)22)17(8-4)14-12-10-6-2/h16-17H,5-15H2,1-4H3,(H,21,22)(H,23,24). The maximum absolute atomic E-state index is 12.4. The second-order valence-corrected chi connectivity index (χ2v) is 7.12. The van der Waals surface area contributed by atoms with Crippen LogP contribution in [-0.4, -0.2) is 22.2 Å². The highest BCUT2D eigenvalue weighted by Gasteiger charge is 2.51. The Labute approximate surface area is 148 Å². The molecule has 4 heteroatoms. The lowest BCUT2D eigenvalue weighted by atomic mass is 9.60. The Balaban J connectivity index is 5.63. The van der Waals surface area contributed by atoms with E-state index >= 15 is 0 Å². The predicted octanol–water partition coefficient (Wildman–Crippen LogP) is 5.75. The number of carboxylic acid groups (broad SMARTS) is 2. The molecule has 0 saturated heterocycles. The average molecular weight is 343 g/mol. The molecule has 0 bridgehead atoms. The SMILES string of the molecule is CCCCCC(CC)C(CC(=O)O)(C(=O)O)C(CC)CCCCC. The van der Waals surface area contributed by atoms with Crippen molar-refractivity contribution in [2.45, 2.75) is 98.3 Å². The fourth-order valence-electron chi connectivity index (χ4n) is 4.23. The monoisotopic (exact) mass is 342 g/mol. The van der Waals surface area contributed by atoms with Crippen molar-refractivity contribution < 1.29 is 19.8 Å². The van der Waals surface area contributed by atoms with Gasteiger partial charge in [0.2, 0.25) is 0 Å². The third kappa shape index (κ3) is 6.45. The van der Waals surface area contributed by atoms with Crippen LogP contribution in [0.1, 0.15) is 98.3 Å². The smallest absolute Gasteiger partial charge is 0.310 e. The number of aliphatic carboxylic acids is 2. The van der Waals surface area contributed by atoms with E-state index in [0.717, 1.165) is 64.2 Å². The zero-order valence-corrected chi connectivity index (χ0v) is 16.1. The molecule has 0 spiro atoms. The van der Waals surface area contributed by atoms with Crippen molar-refractivity contribution in [1.29, 1.82) is 0 Å². The van der Waals surface area contributed by atoms with Crippen LogP contribution in [0.25, 0.3) is 0 Å². The van der Waals surface area contributed by atoms with Crippen molar-refractivity contribution in [3.63, 3.8) is 0 Å². The van der Waals surface area contributed by atoms with E-state index in [1.165, 1.54) is 0 Å². The van der Waals surface area contributed by atoms with E-state index in [0.29, 0.717) is 0 Å². The lowest BCUT2D eigenvalue weighted by Crippen LogP contribution is -2.46. The minimum Gasteiger partial charge on any atom is -0.481 e. The van der Waals surface area contributed by atoms with Crippen molar-refractivity contribution in [2.75, 3.05) is 0 Å². The van der Waals surface area contributed by atoms with E-state index < -0.39 is 17.4 Å². The van der Waals surface area contributed by atoms with Gasteiger partial charge in [-0.15, -0.1) is 0 Å². The molecule has 0 aromatic carbocycles. The Hall–Kier alpha value is -1.06. The minimum atomic E-state index is -1.13. The van der Waals surface area contributed by atoms with E-state index in [1.54, 1.807) is 0 Å². The highest BCUT2D eigenvalue weighted by Crippen LogP contribution is 2.47. The van der Waals surface area contributed by atoms with Crippen LogP contribution in [0.15, 0.2) is 0 Å². The highest BCUT2D eigenvalue weighted by molar-refractivity contribution is 5.82. The van der Waals surface area contributed by atoms with Gasteiger partial charge in [0.25, 0.3) is 0 Å². The molecule has 0 aliphatic rings. The summed E-state index contributed by atoms with van der Waals surface area (Å²) < 4.78 is 0. The highest BCUT2D eigenvalue weighted by atomic mass is 16.4. The zero-order valence-electron chi connectivity index (χ0n) is 16.1. The Morgan fingerprint density at radius 1 is 0.792 bits per heavy atom. The Morgan fingerprint density at radius 3 is 1.46 bits per heavy atom. The van der Waals surface area contributed by atoms with Gasteiger partial charge in [0.15, 0.2) is 0 Å². The number of hydrogen-bond donors (Lipinski definition) is 2. The maximum Gasteiger partial charge on any atom is 0.310 e. The van der Waals surface area contributed by atoms with Gasteiger partial charge in [-0.2, -0.15) is 0 Å². The fraction of sp³-hybridized carbons (Fsp3) is 0.900. The van der Waals surface area contributed by atoms with Crippen LogP contribution < -0.4 is 0 Å². The molecule has 0 heterocycles. The molecule has 24 heavy (non-hydrogen) atoms. The van der Waals surface area contributed by atoms with Gasteiger partial charge in [-0.3, -0.25) is 9.59 Å². The number of rotatable bonds is 15. The summed E-state index contributed by atoms with van der Waals surface area (Å²) in [5.41, 5.74) is -1.13. The Kier molecular flexibility index (Phi) is 11.8. The molecule has 0 aromatic heterocycles. The third-order valence-corrected chi connectivity index (χ3v) is 5.60. The van der Waals surface area contributed by atoms with E-state index in [1.807, 2.05) is 13.8 Å². The zero-order chi connectivity index (χ0) is 18.6. The molecule has 0 radical (unpaired) electrons. The van der Waals surface area contributed by atoms with Gasteiger partial charge in [-0.05, 0) is 24.7 Å². The van der Waals surface area contributed by atoms with E-state index in [4.69, 9.17) is 0 Å². The van der Waals surface area contributed by atoms with Gasteiger partial charge in [0.1, 0.15) is 0 Å². The summed E-state index contributed by atoms with van der Waals surface area (Å²) in [5, 5.41) is 19.6. The van der Waals surface area contributed by atoms with Gasteiger partial charge in [-0.25, -0.2) is 0 Å². The minimum absolute atomic E-state index is 0.0655. The number of carbonyl (C=O) groups is 2. The van der Waals surface area contributed by atoms with Crippen LogP contribution in [0.4, 0.5) is 0 Å².